The summed E-state index contributed by atoms with van der Waals surface area (Å²) in [5.41, 5.74) is 14.7. The average Bonchev–Trinajstić information content (AvgIpc) is 3.58. The number of carbonyl (C=O) groups is 8. The number of β-amino-alcohol motifs (C(OH)–C–C–N with tert-alkyl or cyclic N) is 1. The molecule has 61 heavy (non-hydrogen) atoms. The third kappa shape index (κ3) is 16.0. The largest absolute Gasteiger partial charge is 0.481 e. The van der Waals surface area contributed by atoms with Gasteiger partial charge in [0, 0.05) is 50.0 Å². The highest BCUT2D eigenvalue weighted by Gasteiger charge is 2.40. The molecule has 6 atom stereocenters. The van der Waals surface area contributed by atoms with E-state index in [1.807, 2.05) is 0 Å². The second-order valence-corrected chi connectivity index (χ2v) is 16.8. The molecule has 0 radical (unpaired) electrons. The molecule has 25 heteroatoms. The number of hydrogen-bond donors (Lipinski definition) is 12. The second kappa shape index (κ2) is 23.2. The summed E-state index contributed by atoms with van der Waals surface area (Å²) >= 11 is 0. The Morgan fingerprint density at radius 3 is 2.07 bits per heavy atom. The van der Waals surface area contributed by atoms with E-state index in [9.17, 15) is 61.9 Å². The Morgan fingerprint density at radius 2 is 1.49 bits per heavy atom. The van der Waals surface area contributed by atoms with Crippen molar-refractivity contribution in [2.45, 2.75) is 120 Å². The first-order chi connectivity index (χ1) is 28.6. The maximum Gasteiger partial charge on any atom is 0.303 e. The topological polar surface area (TPSA) is 368 Å². The molecule has 340 valence electrons. The quantitative estimate of drug-likeness (QED) is 0.0562. The lowest BCUT2D eigenvalue weighted by Crippen LogP contribution is -2.60. The van der Waals surface area contributed by atoms with Gasteiger partial charge in [0.1, 0.15) is 41.8 Å². The number of aliphatic hydroxyl groups is 2. The minimum Gasteiger partial charge on any atom is -0.481 e. The maximum absolute atomic E-state index is 14.8. The minimum absolute atomic E-state index is 0.00537. The van der Waals surface area contributed by atoms with Gasteiger partial charge in [0.15, 0.2) is 0 Å². The van der Waals surface area contributed by atoms with E-state index in [4.69, 9.17) is 21.8 Å². The monoisotopic (exact) mass is 888 g/mol. The molecule has 1 aromatic rings. The van der Waals surface area contributed by atoms with E-state index in [1.165, 1.54) is 6.92 Å². The van der Waals surface area contributed by atoms with Gasteiger partial charge in [-0.1, -0.05) is 19.3 Å². The van der Waals surface area contributed by atoms with Crippen LogP contribution in [-0.2, 0) is 49.5 Å². The van der Waals surface area contributed by atoms with E-state index in [2.05, 4.69) is 31.7 Å². The number of benzene rings is 1. The third-order valence-electron chi connectivity index (χ3n) is 10.2. The van der Waals surface area contributed by atoms with E-state index in [1.54, 1.807) is 0 Å². The third-order valence-corrected chi connectivity index (χ3v) is 10.8. The molecule has 1 aliphatic carbocycles. The lowest BCUT2D eigenvalue weighted by molar-refractivity contribution is -0.140. The first-order valence-corrected chi connectivity index (χ1v) is 21.5. The zero-order chi connectivity index (χ0) is 45.6. The van der Waals surface area contributed by atoms with Gasteiger partial charge in [0.2, 0.25) is 41.4 Å². The molecule has 7 amide bonds. The fraction of sp³-hybridized carbons (Fsp3) is 0.611. The Morgan fingerprint density at radius 1 is 0.869 bits per heavy atom. The molecule has 1 saturated heterocycles. The standard InChI is InChI=1S/C36H55F2N10O12P/c1-18(43-35(58)27-14-21(50)16-48(27)29(52)8-5-9-30(53)54)32(55)46-26(17-49)34(57)47-31(19-6-3-2-4-7-19)36(59)45-25(10-11-28(39)51)33(56)44-20-12-23(37)22(24(38)13-20)15-42-61(40,41)60/h12-13,18-19,21,25-27,31,49-50H,2-11,14-17H2,1H3,(H2,39,51)(H,43,58)(H,44,56)(H,45,59)(H,46,55)(H,47,57)(H,53,54)(H5,40,41,42,60)/t18-,21+,25-,26-,27-,31?/m0/s1. The number of nitrogens with zero attached hydrogens (tertiary/aromatic N) is 1. The van der Waals surface area contributed by atoms with Crippen molar-refractivity contribution in [3.8, 4) is 0 Å². The summed E-state index contributed by atoms with van der Waals surface area (Å²) in [5, 5.41) is 43.2. The van der Waals surface area contributed by atoms with Crippen LogP contribution in [0.25, 0.3) is 0 Å². The summed E-state index contributed by atoms with van der Waals surface area (Å²) in [4.78, 5) is 104. The Bertz CT molecular complexity index is 1830. The Hall–Kier alpha value is -5.13. The Balaban J connectivity index is 1.72. The number of primary amides is 1. The minimum atomic E-state index is -3.84. The number of carboxylic acids is 1. The van der Waals surface area contributed by atoms with Crippen molar-refractivity contribution in [2.24, 2.45) is 22.7 Å². The molecule has 3 rings (SSSR count). The van der Waals surface area contributed by atoms with Gasteiger partial charge in [-0.2, -0.15) is 0 Å². The van der Waals surface area contributed by atoms with E-state index in [0.717, 1.165) is 23.5 Å². The molecule has 15 N–H and O–H groups in total. The van der Waals surface area contributed by atoms with Gasteiger partial charge < -0.3 is 52.5 Å². The van der Waals surface area contributed by atoms with Gasteiger partial charge in [-0.15, -0.1) is 0 Å². The van der Waals surface area contributed by atoms with Crippen LogP contribution in [0.5, 0.6) is 0 Å². The van der Waals surface area contributed by atoms with Gasteiger partial charge in [-0.3, -0.25) is 53.9 Å². The Labute approximate surface area is 349 Å². The zero-order valence-electron chi connectivity index (χ0n) is 33.5. The van der Waals surface area contributed by atoms with E-state index in [0.29, 0.717) is 25.7 Å². The smallest absolute Gasteiger partial charge is 0.303 e. The van der Waals surface area contributed by atoms with Crippen LogP contribution in [0, 0.1) is 17.6 Å². The molecule has 1 aliphatic heterocycles. The van der Waals surface area contributed by atoms with Crippen LogP contribution in [0.3, 0.4) is 0 Å². The SMILES string of the molecule is C[C@H](NC(=O)[C@@H]1C[C@@H](O)CN1C(=O)CCCC(=O)O)C(=O)N[C@@H](CO)C(=O)NC(C(=O)N[C@@H](CCC(N)=O)C(=O)Nc1cc(F)c(CNP(N)(N)=O)c(F)c1)C1CCCCC1. The van der Waals surface area contributed by atoms with E-state index >= 15 is 0 Å². The number of nitrogens with one attached hydrogen (secondary N) is 6. The number of nitrogens with two attached hydrogens (primary N) is 3. The number of amides is 7. The number of hydrogen-bond acceptors (Lipinski definition) is 11. The second-order valence-electron chi connectivity index (χ2n) is 15.1. The number of aliphatic carboxylic acids is 1. The molecular weight excluding hydrogens is 833 g/mol. The summed E-state index contributed by atoms with van der Waals surface area (Å²) in [6.45, 7) is -0.538. The normalized spacial score (nSPS) is 18.8. The first-order valence-electron chi connectivity index (χ1n) is 19.6. The molecule has 22 nitrogen and oxygen atoms in total. The number of rotatable bonds is 22. The van der Waals surface area contributed by atoms with Crippen LogP contribution in [0.15, 0.2) is 12.1 Å². The van der Waals surface area contributed by atoms with Crippen molar-refractivity contribution in [3.05, 3.63) is 29.3 Å². The molecule has 1 aromatic carbocycles. The van der Waals surface area contributed by atoms with Crippen molar-refractivity contribution in [2.75, 3.05) is 18.5 Å². The molecule has 0 bridgehead atoms. The highest BCUT2D eigenvalue weighted by molar-refractivity contribution is 7.56. The molecule has 2 aliphatic rings. The first kappa shape index (κ1) is 50.2. The van der Waals surface area contributed by atoms with Crippen molar-refractivity contribution in [1.82, 2.24) is 31.3 Å². The van der Waals surface area contributed by atoms with Crippen molar-refractivity contribution >= 4 is 60.6 Å². The lowest BCUT2D eigenvalue weighted by Gasteiger charge is -2.32. The van der Waals surface area contributed by atoms with Gasteiger partial charge in [0.25, 0.3) is 7.59 Å². The number of carboxylic acid groups (broad SMARTS) is 1. The molecule has 1 unspecified atom stereocenters. The van der Waals surface area contributed by atoms with Crippen LogP contribution in [-0.4, -0.2) is 117 Å². The number of aliphatic hydroxyl groups excluding tert-OH is 2. The van der Waals surface area contributed by atoms with Gasteiger partial charge >= 0.3 is 5.97 Å². The van der Waals surface area contributed by atoms with Gasteiger partial charge in [-0.05, 0) is 50.7 Å². The summed E-state index contributed by atoms with van der Waals surface area (Å²) in [6, 6.07) is -5.59. The summed E-state index contributed by atoms with van der Waals surface area (Å²) in [6.07, 6.45) is 0.623. The van der Waals surface area contributed by atoms with Crippen molar-refractivity contribution < 1.29 is 67.0 Å². The molecular formula is C36H55F2N10O12P. The molecule has 1 saturated carbocycles. The molecule has 0 spiro atoms. The predicted octanol–water partition coefficient (Wildman–Crippen LogP) is -1.97. The zero-order valence-corrected chi connectivity index (χ0v) is 34.4. The number of carbonyl (C=O) groups excluding carboxylic acids is 7. The van der Waals surface area contributed by atoms with Gasteiger partial charge in [-0.25, -0.2) is 13.9 Å². The summed E-state index contributed by atoms with van der Waals surface area (Å²) < 4.78 is 41.2. The summed E-state index contributed by atoms with van der Waals surface area (Å²) in [7, 11) is -3.84. The Kier molecular flexibility index (Phi) is 19.1. The van der Waals surface area contributed by atoms with Crippen LogP contribution in [0.1, 0.15) is 83.1 Å². The molecule has 2 fully saturated rings. The highest BCUT2D eigenvalue weighted by atomic mass is 31.2. The number of halogens is 2. The number of anilines is 1. The van der Waals surface area contributed by atoms with Crippen LogP contribution in [0.4, 0.5) is 14.5 Å². The number of likely N-dealkylation sites (tertiary alicyclic amines) is 1. The summed E-state index contributed by atoms with van der Waals surface area (Å²) in [5.74, 6) is -10.1. The predicted molar refractivity (Wildman–Crippen MR) is 211 cm³/mol. The fourth-order valence-corrected chi connectivity index (χ4v) is 7.36. The van der Waals surface area contributed by atoms with E-state index in [-0.39, 0.29) is 38.6 Å². The van der Waals surface area contributed by atoms with Crippen molar-refractivity contribution in [3.63, 3.8) is 0 Å². The van der Waals surface area contributed by atoms with E-state index < -0.39 is 140 Å². The van der Waals surface area contributed by atoms with Crippen LogP contribution in [0.2, 0.25) is 0 Å². The molecule has 1 heterocycles. The molecule has 0 aromatic heterocycles. The average molecular weight is 889 g/mol. The van der Waals surface area contributed by atoms with Crippen LogP contribution < -0.4 is 48.4 Å². The van der Waals surface area contributed by atoms with Gasteiger partial charge in [0.05, 0.1) is 12.7 Å². The fourth-order valence-electron chi connectivity index (χ4n) is 6.95. The van der Waals surface area contributed by atoms with Crippen molar-refractivity contribution in [1.29, 1.82) is 0 Å². The lowest BCUT2D eigenvalue weighted by atomic mass is 9.83. The highest BCUT2D eigenvalue weighted by Crippen LogP contribution is 2.28. The van der Waals surface area contributed by atoms with Crippen LogP contribution >= 0.6 is 7.59 Å². The maximum atomic E-state index is 14.8.